The largest absolute Gasteiger partial charge is 0.741 e. The Morgan fingerprint density at radius 3 is 1.12 bits per heavy atom. The number of quaternary nitrogens is 3. The van der Waals surface area contributed by atoms with Crippen LogP contribution in [0.15, 0.2) is 0 Å². The van der Waals surface area contributed by atoms with Crippen LogP contribution in [0.25, 0.3) is 0 Å². The summed E-state index contributed by atoms with van der Waals surface area (Å²) in [6, 6.07) is 0. The molecule has 24 heavy (non-hydrogen) atoms. The zero-order valence-electron chi connectivity index (χ0n) is 13.5. The molecule has 146 valence electrons. The first kappa shape index (κ1) is 21.0. The number of likely N-dealkylation sites (N-methyl/N-ethyl adjacent to an activating group) is 3. The van der Waals surface area contributed by atoms with Crippen molar-refractivity contribution in [1.82, 2.24) is 0 Å². The molecule has 0 atom stereocenters. The molecule has 0 aromatic rings. The minimum atomic E-state index is -6.09. The monoisotopic (exact) mass is 453 g/mol. The quantitative estimate of drug-likeness (QED) is 0.241. The summed E-state index contributed by atoms with van der Waals surface area (Å²) in [5.74, 6) is 0. The fourth-order valence-corrected chi connectivity index (χ4v) is 16.2. The Hall–Kier alpha value is 0.667. The Balaban J connectivity index is 0.000000224. The van der Waals surface area contributed by atoms with E-state index in [2.05, 4.69) is 21.1 Å². The predicted molar refractivity (Wildman–Crippen MR) is 86.8 cm³/mol. The van der Waals surface area contributed by atoms with Crippen molar-refractivity contribution >= 4 is 48.4 Å². The van der Waals surface area contributed by atoms with Gasteiger partial charge in [-0.2, -0.15) is 13.2 Å². The van der Waals surface area contributed by atoms with E-state index in [1.165, 1.54) is 0 Å². The van der Waals surface area contributed by atoms with Crippen LogP contribution >= 0.6 is 33.2 Å². The summed E-state index contributed by atoms with van der Waals surface area (Å²) in [6.07, 6.45) is 0. The smallest absolute Gasteiger partial charge is 0.485 e. The van der Waals surface area contributed by atoms with Crippen LogP contribution in [0.1, 0.15) is 0 Å². The van der Waals surface area contributed by atoms with Gasteiger partial charge in [-0.05, 0) is 0 Å². The van der Waals surface area contributed by atoms with E-state index in [1.54, 1.807) is 0 Å². The molecule has 0 amide bonds. The second-order valence-electron chi connectivity index (χ2n) is 7.70. The van der Waals surface area contributed by atoms with Crippen molar-refractivity contribution in [3.05, 3.63) is 0 Å². The Morgan fingerprint density at radius 1 is 0.833 bits per heavy atom. The predicted octanol–water partition coefficient (Wildman–Crippen LogP) is 1.47. The molecule has 6 nitrogen and oxygen atoms in total. The van der Waals surface area contributed by atoms with Crippen molar-refractivity contribution in [2.45, 2.75) is 5.51 Å². The zero-order chi connectivity index (χ0) is 19.2. The minimum Gasteiger partial charge on any atom is -0.741 e. The maximum atomic E-state index is 10.7. The van der Waals surface area contributed by atoms with Gasteiger partial charge in [0.15, 0.2) is 10.1 Å². The second-order valence-corrected chi connectivity index (χ2v) is 24.6. The summed E-state index contributed by atoms with van der Waals surface area (Å²) in [4.78, 5) is 0. The molecule has 3 fully saturated rings. The molecule has 0 N–H and O–H groups in total. The summed E-state index contributed by atoms with van der Waals surface area (Å²) in [5.41, 5.74) is -5.65. The zero-order valence-corrected chi connectivity index (χ0v) is 17.6. The molecule has 0 unspecified atom stereocenters. The molecule has 0 aliphatic carbocycles. The number of nitrogens with zero attached hydrogens (tertiary/aromatic N) is 3. The van der Waals surface area contributed by atoms with Gasteiger partial charge in [-0.1, -0.05) is 0 Å². The molecule has 0 radical (unpaired) electrons. The molecule has 3 aliphatic rings. The molecule has 14 heteroatoms. The van der Waals surface area contributed by atoms with Gasteiger partial charge >= 0.3 is 117 Å². The van der Waals surface area contributed by atoms with Gasteiger partial charge in [0, 0.05) is 0 Å². The third-order valence-corrected chi connectivity index (χ3v) is 26.3. The van der Waals surface area contributed by atoms with Crippen LogP contribution in [-0.2, 0) is 10.1 Å². The number of alkyl halides is 3. The topological polar surface area (TPSA) is 57.2 Å². The SMILES string of the molecule is C[N+]12CC[N+]3(C)CC[N+](C)(CC1)[Si-2]23(Cl)(Cl)Cl.O=S(=O)([O-])C(F)(F)F. The van der Waals surface area contributed by atoms with Crippen LogP contribution in [0.5, 0.6) is 0 Å². The Kier molecular flexibility index (Phi) is 3.98. The summed E-state index contributed by atoms with van der Waals surface area (Å²) >= 11 is 21.8. The number of hydrogen-bond acceptors (Lipinski definition) is 3. The fraction of sp³-hybridized carbons (Fsp3) is 1.00. The third-order valence-electron chi connectivity index (χ3n) is 6.83. The average molecular weight is 455 g/mol. The Bertz CT molecular complexity index is 637. The van der Waals surface area contributed by atoms with Crippen molar-refractivity contribution in [3.8, 4) is 0 Å². The molecule has 3 saturated heterocycles. The Labute approximate surface area is 153 Å². The van der Waals surface area contributed by atoms with Gasteiger partial charge in [-0.15, -0.1) is 0 Å². The van der Waals surface area contributed by atoms with Crippen LogP contribution < -0.4 is 0 Å². The third kappa shape index (κ3) is 1.86. The van der Waals surface area contributed by atoms with E-state index in [0.717, 1.165) is 39.3 Å². The van der Waals surface area contributed by atoms with Crippen molar-refractivity contribution in [2.75, 3.05) is 60.4 Å². The number of hydrogen-bond donors (Lipinski definition) is 0. The van der Waals surface area contributed by atoms with Crippen LogP contribution in [-0.4, -0.2) is 96.4 Å². The van der Waals surface area contributed by atoms with E-state index in [9.17, 15) is 13.2 Å². The molecule has 0 aromatic carbocycles. The van der Waals surface area contributed by atoms with Crippen LogP contribution in [0.2, 0.25) is 0 Å². The van der Waals surface area contributed by atoms with E-state index in [0.29, 0.717) is 12.4 Å². The molecule has 3 aliphatic heterocycles. The van der Waals surface area contributed by atoms with Gasteiger partial charge in [0.2, 0.25) is 0 Å². The van der Waals surface area contributed by atoms with E-state index in [4.69, 9.17) is 46.2 Å². The summed E-state index contributed by atoms with van der Waals surface area (Å²) < 4.78 is 61.0. The first-order valence-corrected chi connectivity index (χ1v) is 14.5. The van der Waals surface area contributed by atoms with Gasteiger partial charge in [0.1, 0.15) is 0 Å². The molecular formula is C10H21Cl3F3N3O3SSi. The maximum Gasteiger partial charge on any atom is 0.485 e. The molecule has 0 saturated carbocycles. The van der Waals surface area contributed by atoms with Gasteiger partial charge in [0.05, 0.1) is 0 Å². The van der Waals surface area contributed by atoms with Crippen LogP contribution in [0.3, 0.4) is 0 Å². The van der Waals surface area contributed by atoms with Gasteiger partial charge < -0.3 is 4.55 Å². The number of halogens is 6. The minimum absolute atomic E-state index is 0.701. The van der Waals surface area contributed by atoms with Gasteiger partial charge in [-0.3, -0.25) is 0 Å². The van der Waals surface area contributed by atoms with E-state index in [1.807, 2.05) is 0 Å². The summed E-state index contributed by atoms with van der Waals surface area (Å²) in [5, 5.41) is -4.25. The normalized spacial score (nSPS) is 47.4. The molecule has 0 aromatic heterocycles. The van der Waals surface area contributed by atoms with Crippen molar-refractivity contribution in [3.63, 3.8) is 0 Å². The summed E-state index contributed by atoms with van der Waals surface area (Å²) in [7, 11) is 0.438. The van der Waals surface area contributed by atoms with Gasteiger partial charge in [0.25, 0.3) is 0 Å². The average Bonchev–Trinajstić information content (AvgIpc) is 2.68. The Morgan fingerprint density at radius 2 is 1.00 bits per heavy atom. The second kappa shape index (κ2) is 4.56. The van der Waals surface area contributed by atoms with Crippen LogP contribution in [0.4, 0.5) is 13.2 Å². The standard InChI is InChI=1S/C9H21Cl3N3Si.CHF3O3S/c1-13-4-6-14(2)8-9-15(3,7-5-13)16(13,14,10,11)12;2-1(3,4)8(5,6)7/h4-9H2,1-3H3;(H,5,6,7)/q+1;/p-1. The maximum absolute atomic E-state index is 10.7. The summed E-state index contributed by atoms with van der Waals surface area (Å²) in [6.45, 7) is 6.11. The van der Waals surface area contributed by atoms with E-state index in [-0.39, 0.29) is 0 Å². The van der Waals surface area contributed by atoms with Crippen molar-refractivity contribution < 1.29 is 38.6 Å². The first-order valence-electron chi connectivity index (χ1n) is 7.25. The van der Waals surface area contributed by atoms with E-state index < -0.39 is 20.7 Å². The fourth-order valence-electron chi connectivity index (χ4n) is 4.77. The molecule has 0 bridgehead atoms. The van der Waals surface area contributed by atoms with Crippen LogP contribution in [0, 0.1) is 0 Å². The molecule has 0 spiro atoms. The van der Waals surface area contributed by atoms with Crippen molar-refractivity contribution in [1.29, 1.82) is 0 Å². The first-order chi connectivity index (χ1) is 10.2. The molecule has 3 rings (SSSR count). The molecule has 3 heterocycles. The van der Waals surface area contributed by atoms with Gasteiger partial charge in [-0.25, -0.2) is 8.42 Å². The van der Waals surface area contributed by atoms with E-state index >= 15 is 0 Å². The molecular weight excluding hydrogens is 434 g/mol. The van der Waals surface area contributed by atoms with Crippen molar-refractivity contribution in [2.24, 2.45) is 0 Å². The number of rotatable bonds is 0.